The Kier molecular flexibility index (Phi) is 6.73. The molecule has 2 atom stereocenters. The lowest BCUT2D eigenvalue weighted by Gasteiger charge is -2.39. The van der Waals surface area contributed by atoms with Gasteiger partial charge in [0.2, 0.25) is 0 Å². The van der Waals surface area contributed by atoms with Gasteiger partial charge in [0.25, 0.3) is 11.6 Å². The maximum absolute atomic E-state index is 13.6. The van der Waals surface area contributed by atoms with Gasteiger partial charge in [-0.05, 0) is 36.6 Å². The summed E-state index contributed by atoms with van der Waals surface area (Å²) in [5, 5.41) is 15.6. The summed E-state index contributed by atoms with van der Waals surface area (Å²) < 4.78 is 17.3. The Bertz CT molecular complexity index is 1260. The van der Waals surface area contributed by atoms with E-state index in [0.29, 0.717) is 35.7 Å². The molecule has 2 aliphatic rings. The zero-order valence-electron chi connectivity index (χ0n) is 19.9. The molecule has 1 fully saturated rings. The Hall–Kier alpha value is -4.11. The minimum absolute atomic E-state index is 0.127. The molecule has 9 nitrogen and oxygen atoms in total. The third-order valence-corrected chi connectivity index (χ3v) is 6.49. The van der Waals surface area contributed by atoms with Crippen LogP contribution in [0.15, 0.2) is 66.7 Å². The summed E-state index contributed by atoms with van der Waals surface area (Å²) in [7, 11) is 1.49. The second-order valence-electron chi connectivity index (χ2n) is 8.78. The standard InChI is InChI=1S/C27H27N3O6/c1-34-24-14-21(23(30(32)33)15-25(24)36-17-18-8-3-2-4-9-18)26-28-22-12-6-5-11-20(22)27(31)29(26)16-19-10-7-13-35-19/h2-6,8-9,11-12,14-15,19,26,28H,7,10,13,16-17H2,1H3. The van der Waals surface area contributed by atoms with Crippen molar-refractivity contribution in [3.63, 3.8) is 0 Å². The minimum Gasteiger partial charge on any atom is -0.493 e. The zero-order chi connectivity index (χ0) is 25.1. The van der Waals surface area contributed by atoms with Crippen molar-refractivity contribution in [2.75, 3.05) is 25.6 Å². The number of methoxy groups -OCH3 is 1. The number of carbonyl (C=O) groups is 1. The van der Waals surface area contributed by atoms with Crippen molar-refractivity contribution in [1.29, 1.82) is 0 Å². The van der Waals surface area contributed by atoms with Crippen LogP contribution in [0.3, 0.4) is 0 Å². The first kappa shape index (κ1) is 23.6. The van der Waals surface area contributed by atoms with Gasteiger partial charge in [-0.2, -0.15) is 0 Å². The molecular formula is C27H27N3O6. The minimum atomic E-state index is -0.783. The molecule has 186 valence electrons. The van der Waals surface area contributed by atoms with Gasteiger partial charge in [0.15, 0.2) is 11.5 Å². The second kappa shape index (κ2) is 10.2. The predicted octanol–water partition coefficient (Wildman–Crippen LogP) is 4.93. The normalized spacial score (nSPS) is 18.9. The van der Waals surface area contributed by atoms with Crippen molar-refractivity contribution in [1.82, 2.24) is 4.90 Å². The summed E-state index contributed by atoms with van der Waals surface area (Å²) >= 11 is 0. The van der Waals surface area contributed by atoms with E-state index in [4.69, 9.17) is 14.2 Å². The second-order valence-corrected chi connectivity index (χ2v) is 8.78. The number of amides is 1. The van der Waals surface area contributed by atoms with Crippen LogP contribution in [0.2, 0.25) is 0 Å². The van der Waals surface area contributed by atoms with Gasteiger partial charge in [-0.1, -0.05) is 42.5 Å². The van der Waals surface area contributed by atoms with E-state index in [1.54, 1.807) is 29.2 Å². The highest BCUT2D eigenvalue weighted by Gasteiger charge is 2.39. The maximum atomic E-state index is 13.6. The van der Waals surface area contributed by atoms with Gasteiger partial charge in [0.05, 0.1) is 35.3 Å². The van der Waals surface area contributed by atoms with Crippen molar-refractivity contribution in [3.8, 4) is 11.5 Å². The molecule has 1 amide bonds. The van der Waals surface area contributed by atoms with E-state index in [9.17, 15) is 14.9 Å². The van der Waals surface area contributed by atoms with E-state index in [2.05, 4.69) is 5.32 Å². The average molecular weight is 490 g/mol. The molecule has 5 rings (SSSR count). The molecule has 3 aromatic carbocycles. The fraction of sp³-hybridized carbons (Fsp3) is 0.296. The lowest BCUT2D eigenvalue weighted by molar-refractivity contribution is -0.386. The smallest absolute Gasteiger partial charge is 0.280 e. The molecule has 0 bridgehead atoms. The largest absolute Gasteiger partial charge is 0.493 e. The number of benzene rings is 3. The van der Waals surface area contributed by atoms with Gasteiger partial charge in [0, 0.05) is 18.8 Å². The topological polar surface area (TPSA) is 103 Å². The first-order chi connectivity index (χ1) is 17.5. The lowest BCUT2D eigenvalue weighted by atomic mass is 10.0. The highest BCUT2D eigenvalue weighted by atomic mass is 16.6. The van der Waals surface area contributed by atoms with Gasteiger partial charge in [-0.3, -0.25) is 14.9 Å². The summed E-state index contributed by atoms with van der Waals surface area (Å²) in [6, 6.07) is 19.6. The van der Waals surface area contributed by atoms with Crippen LogP contribution in [0.25, 0.3) is 0 Å². The maximum Gasteiger partial charge on any atom is 0.280 e. The highest BCUT2D eigenvalue weighted by Crippen LogP contribution is 2.42. The molecule has 0 saturated carbocycles. The molecule has 0 spiro atoms. The van der Waals surface area contributed by atoms with Crippen LogP contribution in [0, 0.1) is 10.1 Å². The molecule has 0 aromatic heterocycles. The Morgan fingerprint density at radius 3 is 2.61 bits per heavy atom. The first-order valence-electron chi connectivity index (χ1n) is 11.9. The number of nitro groups is 1. The summed E-state index contributed by atoms with van der Waals surface area (Å²) in [6.45, 7) is 1.19. The Morgan fingerprint density at radius 2 is 1.89 bits per heavy atom. The van der Waals surface area contributed by atoms with Crippen LogP contribution >= 0.6 is 0 Å². The molecule has 0 aliphatic carbocycles. The van der Waals surface area contributed by atoms with Crippen molar-refractivity contribution in [2.45, 2.75) is 31.7 Å². The van der Waals surface area contributed by atoms with E-state index < -0.39 is 11.1 Å². The molecule has 36 heavy (non-hydrogen) atoms. The Morgan fingerprint density at radius 1 is 1.11 bits per heavy atom. The first-order valence-corrected chi connectivity index (χ1v) is 11.9. The Balaban J connectivity index is 1.54. The van der Waals surface area contributed by atoms with Crippen LogP contribution in [-0.4, -0.2) is 42.1 Å². The summed E-state index contributed by atoms with van der Waals surface area (Å²) in [4.78, 5) is 26.9. The van der Waals surface area contributed by atoms with Gasteiger partial charge in [-0.25, -0.2) is 0 Å². The van der Waals surface area contributed by atoms with Gasteiger partial charge in [-0.15, -0.1) is 0 Å². The number of fused-ring (bicyclic) bond motifs is 1. The van der Waals surface area contributed by atoms with Crippen molar-refractivity contribution in [2.24, 2.45) is 0 Å². The number of nitrogens with one attached hydrogen (secondary N) is 1. The van der Waals surface area contributed by atoms with Crippen molar-refractivity contribution in [3.05, 3.63) is 93.5 Å². The number of nitrogens with zero attached hydrogens (tertiary/aromatic N) is 2. The van der Waals surface area contributed by atoms with E-state index in [0.717, 1.165) is 18.4 Å². The summed E-state index contributed by atoms with van der Waals surface area (Å²) in [5.41, 5.74) is 2.20. The van der Waals surface area contributed by atoms with E-state index >= 15 is 0 Å². The number of anilines is 1. The SMILES string of the molecule is COc1cc(C2Nc3ccccc3C(=O)N2CC2CCCO2)c([N+](=O)[O-])cc1OCc1ccccc1. The molecule has 0 radical (unpaired) electrons. The van der Waals surface area contributed by atoms with Crippen LogP contribution in [0.5, 0.6) is 11.5 Å². The summed E-state index contributed by atoms with van der Waals surface area (Å²) in [5.74, 6) is 0.393. The number of nitro benzene ring substituents is 1. The number of rotatable bonds is 8. The third kappa shape index (κ3) is 4.70. The van der Waals surface area contributed by atoms with Crippen LogP contribution < -0.4 is 14.8 Å². The number of ether oxygens (including phenoxy) is 3. The molecular weight excluding hydrogens is 462 g/mol. The number of para-hydroxylation sites is 1. The summed E-state index contributed by atoms with van der Waals surface area (Å²) in [6.07, 6.45) is 0.838. The quantitative estimate of drug-likeness (QED) is 0.354. The van der Waals surface area contributed by atoms with Crippen LogP contribution in [0.1, 0.15) is 40.5 Å². The Labute approximate surface area is 208 Å². The predicted molar refractivity (Wildman–Crippen MR) is 133 cm³/mol. The lowest BCUT2D eigenvalue weighted by Crippen LogP contribution is -2.46. The van der Waals surface area contributed by atoms with E-state index in [1.165, 1.54) is 13.2 Å². The molecule has 3 aromatic rings. The molecule has 1 saturated heterocycles. The molecule has 2 heterocycles. The van der Waals surface area contributed by atoms with Crippen LogP contribution in [-0.2, 0) is 11.3 Å². The van der Waals surface area contributed by atoms with Crippen molar-refractivity contribution >= 4 is 17.3 Å². The van der Waals surface area contributed by atoms with Gasteiger partial charge < -0.3 is 24.4 Å². The fourth-order valence-electron chi connectivity index (χ4n) is 4.68. The fourth-order valence-corrected chi connectivity index (χ4v) is 4.68. The van der Waals surface area contributed by atoms with Gasteiger partial charge >= 0.3 is 0 Å². The van der Waals surface area contributed by atoms with Crippen LogP contribution in [0.4, 0.5) is 11.4 Å². The van der Waals surface area contributed by atoms with Gasteiger partial charge in [0.1, 0.15) is 12.8 Å². The zero-order valence-corrected chi connectivity index (χ0v) is 19.9. The third-order valence-electron chi connectivity index (χ3n) is 6.49. The number of carbonyl (C=O) groups excluding carboxylic acids is 1. The van der Waals surface area contributed by atoms with Crippen molar-refractivity contribution < 1.29 is 23.9 Å². The van der Waals surface area contributed by atoms with E-state index in [1.807, 2.05) is 36.4 Å². The van der Waals surface area contributed by atoms with E-state index in [-0.39, 0.29) is 30.1 Å². The number of hydrogen-bond donors (Lipinski definition) is 1. The monoisotopic (exact) mass is 489 g/mol. The highest BCUT2D eigenvalue weighted by molar-refractivity contribution is 6.01. The molecule has 9 heteroatoms. The molecule has 2 aliphatic heterocycles. The molecule has 1 N–H and O–H groups in total. The average Bonchev–Trinajstić information content (AvgIpc) is 3.42. The molecule has 2 unspecified atom stereocenters. The number of hydrogen-bond acceptors (Lipinski definition) is 7.